The number of H-pyrrole nitrogens is 1. The summed E-state index contributed by atoms with van der Waals surface area (Å²) in [5.74, 6) is 0.466. The fraction of sp³-hybridized carbons (Fsp3) is 0.208. The van der Waals surface area contributed by atoms with Crippen LogP contribution in [0, 0.1) is 0 Å². The number of rotatable bonds is 6. The van der Waals surface area contributed by atoms with Crippen LogP contribution in [0.5, 0.6) is 0 Å². The largest absolute Gasteiger partial charge is 0.382 e. The van der Waals surface area contributed by atoms with Crippen LogP contribution in [0.2, 0.25) is 0 Å². The van der Waals surface area contributed by atoms with Gasteiger partial charge in [-0.05, 0) is 36.8 Å². The molecule has 172 valence electrons. The molecule has 1 amide bonds. The Morgan fingerprint density at radius 2 is 1.94 bits per heavy atom. The van der Waals surface area contributed by atoms with Gasteiger partial charge in [0.15, 0.2) is 11.5 Å². The van der Waals surface area contributed by atoms with Crippen molar-refractivity contribution in [2.45, 2.75) is 13.0 Å². The first kappa shape index (κ1) is 21.4. The monoisotopic (exact) mass is 456 g/mol. The number of carbonyl (C=O) groups is 1. The number of aryl methyl sites for hydroxylation is 1. The van der Waals surface area contributed by atoms with Gasteiger partial charge < -0.3 is 25.5 Å². The summed E-state index contributed by atoms with van der Waals surface area (Å²) < 4.78 is 1.45. The molecule has 0 bridgehead atoms. The highest BCUT2D eigenvalue weighted by atomic mass is 16.2. The zero-order valence-electron chi connectivity index (χ0n) is 18.7. The highest BCUT2D eigenvalue weighted by Gasteiger charge is 2.21. The van der Waals surface area contributed by atoms with Crippen molar-refractivity contribution in [2.24, 2.45) is 7.05 Å². The summed E-state index contributed by atoms with van der Waals surface area (Å²) >= 11 is 0. The van der Waals surface area contributed by atoms with Gasteiger partial charge in [0, 0.05) is 44.2 Å². The topological polar surface area (TPSA) is 135 Å². The van der Waals surface area contributed by atoms with Crippen LogP contribution in [0.3, 0.4) is 0 Å². The lowest BCUT2D eigenvalue weighted by atomic mass is 10.1. The zero-order chi connectivity index (χ0) is 23.7. The van der Waals surface area contributed by atoms with Gasteiger partial charge in [-0.3, -0.25) is 9.59 Å². The number of nitrogens with zero attached hydrogens (tertiary/aromatic N) is 5. The van der Waals surface area contributed by atoms with Gasteiger partial charge in [-0.2, -0.15) is 0 Å². The Balaban J connectivity index is 1.46. The van der Waals surface area contributed by atoms with Gasteiger partial charge in [0.05, 0.1) is 17.9 Å². The Hall–Kier alpha value is -4.47. The number of amides is 1. The lowest BCUT2D eigenvalue weighted by Crippen LogP contribution is -2.37. The van der Waals surface area contributed by atoms with Gasteiger partial charge in [-0.1, -0.05) is 6.07 Å². The van der Waals surface area contributed by atoms with E-state index in [2.05, 4.69) is 30.2 Å². The van der Waals surface area contributed by atoms with Crippen LogP contribution in [0.1, 0.15) is 22.6 Å². The minimum absolute atomic E-state index is 0.0120. The zero-order valence-corrected chi connectivity index (χ0v) is 18.7. The predicted molar refractivity (Wildman–Crippen MR) is 129 cm³/mol. The lowest BCUT2D eigenvalue weighted by molar-refractivity contribution is 0.0946. The molecule has 0 atom stereocenters. The summed E-state index contributed by atoms with van der Waals surface area (Å²) in [4.78, 5) is 43.9. The number of anilines is 2. The average molecular weight is 457 g/mol. The normalized spacial score (nSPS) is 12.9. The SMILES string of the molecule is Cn1cc(-c2nc(C(=O)NCc3cccc(N4CCC4)n3)c(N)nc2-c2ccc[nH]2)ccc1=O. The molecule has 5 rings (SSSR count). The molecule has 4 N–H and O–H groups in total. The maximum atomic E-state index is 13.0. The summed E-state index contributed by atoms with van der Waals surface area (Å²) in [5, 5.41) is 2.85. The Morgan fingerprint density at radius 3 is 2.65 bits per heavy atom. The Kier molecular flexibility index (Phi) is 5.54. The summed E-state index contributed by atoms with van der Waals surface area (Å²) in [6.07, 6.45) is 4.58. The van der Waals surface area contributed by atoms with E-state index in [1.165, 1.54) is 10.6 Å². The molecule has 1 aliphatic rings. The predicted octanol–water partition coefficient (Wildman–Crippen LogP) is 1.95. The number of aromatic nitrogens is 5. The van der Waals surface area contributed by atoms with Crippen LogP contribution in [-0.2, 0) is 13.6 Å². The fourth-order valence-electron chi connectivity index (χ4n) is 3.76. The van der Waals surface area contributed by atoms with Crippen LogP contribution in [0.15, 0.2) is 59.7 Å². The number of nitrogen functional groups attached to an aromatic ring is 1. The molecule has 1 saturated heterocycles. The van der Waals surface area contributed by atoms with Gasteiger partial charge in [-0.15, -0.1) is 0 Å². The first-order valence-corrected chi connectivity index (χ1v) is 11.0. The molecule has 4 aromatic heterocycles. The van der Waals surface area contributed by atoms with E-state index in [4.69, 9.17) is 5.73 Å². The molecule has 1 fully saturated rings. The van der Waals surface area contributed by atoms with Gasteiger partial charge in [0.1, 0.15) is 17.2 Å². The molecule has 0 spiro atoms. The summed E-state index contributed by atoms with van der Waals surface area (Å²) in [6.45, 7) is 2.22. The van der Waals surface area contributed by atoms with Crippen molar-refractivity contribution >= 4 is 17.5 Å². The second-order valence-electron chi connectivity index (χ2n) is 8.12. The minimum atomic E-state index is -0.453. The first-order chi connectivity index (χ1) is 16.5. The molecule has 1 aliphatic heterocycles. The molecule has 0 unspecified atom stereocenters. The Labute approximate surface area is 195 Å². The van der Waals surface area contributed by atoms with Crippen molar-refractivity contribution < 1.29 is 4.79 Å². The molecule has 34 heavy (non-hydrogen) atoms. The summed E-state index contributed by atoms with van der Waals surface area (Å²) in [6, 6.07) is 12.5. The van der Waals surface area contributed by atoms with Gasteiger partial charge in [0.25, 0.3) is 5.91 Å². The van der Waals surface area contributed by atoms with Crippen LogP contribution in [-0.4, -0.2) is 43.5 Å². The number of hydrogen-bond donors (Lipinski definition) is 3. The molecule has 5 heterocycles. The number of aromatic amines is 1. The molecular formula is C24H24N8O2. The third-order valence-corrected chi connectivity index (χ3v) is 5.75. The van der Waals surface area contributed by atoms with Crippen LogP contribution in [0.25, 0.3) is 22.6 Å². The molecule has 0 saturated carbocycles. The number of carbonyl (C=O) groups excluding carboxylic acids is 1. The highest BCUT2D eigenvalue weighted by Crippen LogP contribution is 2.29. The quantitative estimate of drug-likeness (QED) is 0.404. The molecule has 10 heteroatoms. The van der Waals surface area contributed by atoms with Gasteiger partial charge in [-0.25, -0.2) is 15.0 Å². The average Bonchev–Trinajstić information content (AvgIpc) is 3.33. The van der Waals surface area contributed by atoms with Crippen LogP contribution < -0.4 is 21.5 Å². The minimum Gasteiger partial charge on any atom is -0.382 e. The number of hydrogen-bond acceptors (Lipinski definition) is 7. The van der Waals surface area contributed by atoms with E-state index >= 15 is 0 Å². The maximum Gasteiger partial charge on any atom is 0.274 e. The summed E-state index contributed by atoms with van der Waals surface area (Å²) in [7, 11) is 1.65. The van der Waals surface area contributed by atoms with Crippen LogP contribution in [0.4, 0.5) is 11.6 Å². The number of pyridine rings is 2. The second-order valence-corrected chi connectivity index (χ2v) is 8.12. The van der Waals surface area contributed by atoms with Crippen molar-refractivity contribution in [3.05, 3.63) is 76.6 Å². The van der Waals surface area contributed by atoms with Gasteiger partial charge >= 0.3 is 0 Å². The number of nitrogens with one attached hydrogen (secondary N) is 2. The van der Waals surface area contributed by atoms with E-state index in [-0.39, 0.29) is 23.6 Å². The first-order valence-electron chi connectivity index (χ1n) is 11.0. The Morgan fingerprint density at radius 1 is 1.09 bits per heavy atom. The van der Waals surface area contributed by atoms with Crippen molar-refractivity contribution in [1.82, 2.24) is 29.8 Å². The fourth-order valence-corrected chi connectivity index (χ4v) is 3.76. The Bertz CT molecular complexity index is 1410. The maximum absolute atomic E-state index is 13.0. The summed E-state index contributed by atoms with van der Waals surface area (Å²) in [5.41, 5.74) is 9.02. The van der Waals surface area contributed by atoms with E-state index in [9.17, 15) is 9.59 Å². The second kappa shape index (κ2) is 8.81. The van der Waals surface area contributed by atoms with Gasteiger partial charge in [0.2, 0.25) is 5.56 Å². The van der Waals surface area contributed by atoms with Crippen molar-refractivity contribution in [2.75, 3.05) is 23.7 Å². The smallest absolute Gasteiger partial charge is 0.274 e. The van der Waals surface area contributed by atoms with Crippen LogP contribution >= 0.6 is 0 Å². The van der Waals surface area contributed by atoms with E-state index in [0.717, 1.165) is 31.0 Å². The highest BCUT2D eigenvalue weighted by molar-refractivity contribution is 5.97. The molecule has 0 aromatic carbocycles. The molecular weight excluding hydrogens is 432 g/mol. The molecule has 4 aromatic rings. The van der Waals surface area contributed by atoms with E-state index in [1.807, 2.05) is 30.3 Å². The van der Waals surface area contributed by atoms with E-state index in [1.54, 1.807) is 25.5 Å². The third-order valence-electron chi connectivity index (χ3n) is 5.75. The van der Waals surface area contributed by atoms with Crippen molar-refractivity contribution in [1.29, 1.82) is 0 Å². The molecule has 10 nitrogen and oxygen atoms in total. The molecule has 0 aliphatic carbocycles. The standard InChI is InChI=1S/C24H24N8O2/c1-31-14-15(8-9-19(31)33)20-21(17-6-3-10-26-17)30-23(25)22(29-20)24(34)27-13-16-5-2-7-18(28-16)32-11-4-12-32/h2-3,5-10,14,26H,4,11-13H2,1H3,(H2,25,30)(H,27,34). The number of nitrogens with two attached hydrogens (primary N) is 1. The van der Waals surface area contributed by atoms with E-state index in [0.29, 0.717) is 22.6 Å². The van der Waals surface area contributed by atoms with E-state index < -0.39 is 5.91 Å². The van der Waals surface area contributed by atoms with Crippen molar-refractivity contribution in [3.8, 4) is 22.6 Å². The molecule has 0 radical (unpaired) electrons. The van der Waals surface area contributed by atoms with Crippen molar-refractivity contribution in [3.63, 3.8) is 0 Å². The third kappa shape index (κ3) is 4.13. The lowest BCUT2D eigenvalue weighted by Gasteiger charge is -2.32.